The quantitative estimate of drug-likeness (QED) is 0.256. The van der Waals surface area contributed by atoms with E-state index in [1.54, 1.807) is 36.1 Å². The molecule has 2 aromatic heterocycles. The van der Waals surface area contributed by atoms with Crippen LogP contribution in [0.1, 0.15) is 23.3 Å². The highest BCUT2D eigenvalue weighted by Gasteiger charge is 2.38. The van der Waals surface area contributed by atoms with Crippen molar-refractivity contribution < 1.29 is 40.7 Å². The second kappa shape index (κ2) is 10.7. The predicted molar refractivity (Wildman–Crippen MR) is 129 cm³/mol. The molecule has 0 radical (unpaired) electrons. The van der Waals surface area contributed by atoms with Crippen molar-refractivity contribution in [3.05, 3.63) is 52.4 Å². The smallest absolute Gasteiger partial charge is 0.475 e. The Morgan fingerprint density at radius 2 is 2.03 bits per heavy atom. The zero-order chi connectivity index (χ0) is 27.7. The molecule has 200 valence electrons. The molecule has 3 aromatic rings. The van der Waals surface area contributed by atoms with Gasteiger partial charge in [0, 0.05) is 28.4 Å². The van der Waals surface area contributed by atoms with E-state index in [2.05, 4.69) is 4.72 Å². The molecule has 1 aliphatic rings. The summed E-state index contributed by atoms with van der Waals surface area (Å²) in [6, 6.07) is 6.01. The molecule has 0 spiro atoms. The number of nitrogen functional groups attached to an aromatic ring is 1. The Hall–Kier alpha value is -3.14. The van der Waals surface area contributed by atoms with Crippen LogP contribution in [-0.4, -0.2) is 54.9 Å². The number of rotatable bonds is 6. The minimum atomic E-state index is -5.08. The molecule has 37 heavy (non-hydrogen) atoms. The highest BCUT2D eigenvalue weighted by Crippen LogP contribution is 2.35. The number of amides is 1. The van der Waals surface area contributed by atoms with Crippen molar-refractivity contribution in [2.75, 3.05) is 6.54 Å². The zero-order valence-corrected chi connectivity index (χ0v) is 21.3. The van der Waals surface area contributed by atoms with E-state index in [-0.39, 0.29) is 28.3 Å². The summed E-state index contributed by atoms with van der Waals surface area (Å²) < 4.78 is 66.5. The number of carboxylic acids is 1. The second-order valence-corrected chi connectivity index (χ2v) is 11.3. The lowest BCUT2D eigenvalue weighted by Crippen LogP contribution is -2.41. The second-order valence-electron chi connectivity index (χ2n) is 7.91. The van der Waals surface area contributed by atoms with Gasteiger partial charge in [0.2, 0.25) is 5.91 Å². The van der Waals surface area contributed by atoms with Crippen molar-refractivity contribution in [3.63, 3.8) is 0 Å². The molecular formula is C21H20ClF3N4O6S2. The molecule has 1 amide bonds. The van der Waals surface area contributed by atoms with Gasteiger partial charge in [-0.25, -0.2) is 13.2 Å². The molecule has 10 nitrogen and oxygen atoms in total. The number of benzene rings is 1. The number of amidine groups is 1. The minimum Gasteiger partial charge on any atom is -0.475 e. The first-order valence-electron chi connectivity index (χ1n) is 10.3. The maximum Gasteiger partial charge on any atom is 0.490 e. The van der Waals surface area contributed by atoms with Crippen LogP contribution in [0.5, 0.6) is 0 Å². The maximum atomic E-state index is 13.0. The lowest BCUT2D eigenvalue weighted by Gasteiger charge is -2.16. The molecule has 16 heteroatoms. The molecule has 1 saturated heterocycles. The number of aliphatic carboxylic acids is 1. The topological polar surface area (TPSA) is 167 Å². The van der Waals surface area contributed by atoms with Crippen LogP contribution in [0.2, 0.25) is 5.02 Å². The maximum absolute atomic E-state index is 13.0. The predicted octanol–water partition coefficient (Wildman–Crippen LogP) is 3.45. The van der Waals surface area contributed by atoms with E-state index in [1.165, 1.54) is 6.26 Å². The van der Waals surface area contributed by atoms with Crippen LogP contribution in [0.3, 0.4) is 0 Å². The van der Waals surface area contributed by atoms with Gasteiger partial charge in [0.25, 0.3) is 10.0 Å². The van der Waals surface area contributed by atoms with Crippen LogP contribution >= 0.6 is 22.9 Å². The SMILES string of the molecule is Cc1c(S(=O)(=O)NC2CCN(Cc3coc(C(=N)N)c3)C2=O)sc2ccc(Cl)cc12.O=C(O)C(F)(F)F. The van der Waals surface area contributed by atoms with E-state index in [9.17, 15) is 26.4 Å². The Labute approximate surface area is 217 Å². The highest BCUT2D eigenvalue weighted by atomic mass is 35.5. The number of nitrogens with two attached hydrogens (primary N) is 1. The standard InChI is InChI=1S/C19H19ClN4O4S2.C2HF3O2/c1-10-13-7-12(20)2-3-16(13)29-19(10)30(26,27)23-14-4-5-24(18(14)25)8-11-6-15(17(21)22)28-9-11;3-2(4,5)1(6)7/h2-3,6-7,9,14,23H,4-5,8H2,1H3,(H3,21,22);(H,6,7). The number of aryl methyl sites for hydroxylation is 1. The first kappa shape index (κ1) is 28.4. The molecule has 4 rings (SSSR count). The number of fused-ring (bicyclic) bond motifs is 1. The number of alkyl halides is 3. The number of halogens is 4. The number of carboxylic acid groups (broad SMARTS) is 1. The van der Waals surface area contributed by atoms with Crippen LogP contribution < -0.4 is 10.5 Å². The Bertz CT molecular complexity index is 1470. The van der Waals surface area contributed by atoms with E-state index < -0.39 is 28.2 Å². The fourth-order valence-electron chi connectivity index (χ4n) is 3.49. The van der Waals surface area contributed by atoms with Crippen LogP contribution in [0.4, 0.5) is 13.2 Å². The fraction of sp³-hybridized carbons (Fsp3) is 0.286. The number of furan rings is 1. The molecule has 0 bridgehead atoms. The summed E-state index contributed by atoms with van der Waals surface area (Å²) in [5, 5.41) is 15.8. The molecular weight excluding hydrogens is 561 g/mol. The van der Waals surface area contributed by atoms with E-state index >= 15 is 0 Å². The van der Waals surface area contributed by atoms with Crippen LogP contribution in [0, 0.1) is 12.3 Å². The van der Waals surface area contributed by atoms with Crippen LogP contribution in [0.15, 0.2) is 39.2 Å². The first-order chi connectivity index (χ1) is 17.1. The number of nitrogens with one attached hydrogen (secondary N) is 2. The van der Waals surface area contributed by atoms with Gasteiger partial charge in [-0.3, -0.25) is 10.2 Å². The number of sulfonamides is 1. The minimum absolute atomic E-state index is 0.187. The third kappa shape index (κ3) is 6.60. The molecule has 1 fully saturated rings. The molecule has 3 heterocycles. The van der Waals surface area contributed by atoms with Crippen molar-refractivity contribution in [2.24, 2.45) is 5.73 Å². The third-order valence-electron chi connectivity index (χ3n) is 5.23. The van der Waals surface area contributed by atoms with Gasteiger partial charge < -0.3 is 20.2 Å². The summed E-state index contributed by atoms with van der Waals surface area (Å²) in [6.45, 7) is 2.40. The number of thiophene rings is 1. The summed E-state index contributed by atoms with van der Waals surface area (Å²) in [6.07, 6.45) is -3.28. The number of carbonyl (C=O) groups is 2. The first-order valence-corrected chi connectivity index (χ1v) is 13.0. The van der Waals surface area contributed by atoms with Crippen molar-refractivity contribution in [1.29, 1.82) is 5.41 Å². The number of likely N-dealkylation sites (tertiary alicyclic amines) is 1. The Morgan fingerprint density at radius 3 is 2.59 bits per heavy atom. The molecule has 0 saturated carbocycles. The van der Waals surface area contributed by atoms with Crippen LogP contribution in [0.25, 0.3) is 10.1 Å². The Kier molecular flexibility index (Phi) is 8.21. The average molecular weight is 581 g/mol. The zero-order valence-electron chi connectivity index (χ0n) is 18.9. The summed E-state index contributed by atoms with van der Waals surface area (Å²) in [5.41, 5.74) is 6.69. The Balaban J connectivity index is 0.000000479. The van der Waals surface area contributed by atoms with Crippen molar-refractivity contribution in [2.45, 2.75) is 36.3 Å². The van der Waals surface area contributed by atoms with Gasteiger partial charge in [0.1, 0.15) is 10.3 Å². The van der Waals surface area contributed by atoms with Gasteiger partial charge in [0.15, 0.2) is 11.6 Å². The third-order valence-corrected chi connectivity index (χ3v) is 8.83. The van der Waals surface area contributed by atoms with E-state index in [0.717, 1.165) is 21.4 Å². The Morgan fingerprint density at radius 1 is 1.38 bits per heavy atom. The number of nitrogens with zero attached hydrogens (tertiary/aromatic N) is 1. The van der Waals surface area contributed by atoms with Gasteiger partial charge in [0.05, 0.1) is 6.26 Å². The van der Waals surface area contributed by atoms with Crippen molar-refractivity contribution >= 4 is 60.8 Å². The normalized spacial score (nSPS) is 16.1. The fourth-order valence-corrected chi connectivity index (χ4v) is 6.65. The van der Waals surface area contributed by atoms with Crippen molar-refractivity contribution in [3.8, 4) is 0 Å². The van der Waals surface area contributed by atoms with Gasteiger partial charge in [-0.2, -0.15) is 17.9 Å². The molecule has 1 aromatic carbocycles. The van der Waals surface area contributed by atoms with Crippen LogP contribution in [-0.2, 0) is 26.2 Å². The van der Waals surface area contributed by atoms with E-state index in [1.807, 2.05) is 0 Å². The molecule has 1 unspecified atom stereocenters. The van der Waals surface area contributed by atoms with Crippen molar-refractivity contribution in [1.82, 2.24) is 9.62 Å². The largest absolute Gasteiger partial charge is 0.490 e. The highest BCUT2D eigenvalue weighted by molar-refractivity contribution is 7.91. The van der Waals surface area contributed by atoms with Gasteiger partial charge in [-0.05, 0) is 48.6 Å². The van der Waals surface area contributed by atoms with E-state index in [4.69, 9.17) is 37.1 Å². The number of hydrogen-bond acceptors (Lipinski definition) is 7. The van der Waals surface area contributed by atoms with E-state index in [0.29, 0.717) is 29.1 Å². The summed E-state index contributed by atoms with van der Waals surface area (Å²) in [4.78, 5) is 23.2. The van der Waals surface area contributed by atoms with Gasteiger partial charge in [-0.15, -0.1) is 11.3 Å². The molecule has 1 atom stereocenters. The molecule has 5 N–H and O–H groups in total. The lowest BCUT2D eigenvalue weighted by atomic mass is 10.2. The number of carbonyl (C=O) groups excluding carboxylic acids is 1. The lowest BCUT2D eigenvalue weighted by molar-refractivity contribution is -0.192. The monoisotopic (exact) mass is 580 g/mol. The van der Waals surface area contributed by atoms with Gasteiger partial charge >= 0.3 is 12.1 Å². The summed E-state index contributed by atoms with van der Waals surface area (Å²) in [7, 11) is -3.87. The van der Waals surface area contributed by atoms with Gasteiger partial charge in [-0.1, -0.05) is 11.6 Å². The average Bonchev–Trinajstić information content (AvgIpc) is 3.48. The number of hydrogen-bond donors (Lipinski definition) is 4. The summed E-state index contributed by atoms with van der Waals surface area (Å²) in [5.74, 6) is -3.02. The molecule has 1 aliphatic heterocycles. The summed E-state index contributed by atoms with van der Waals surface area (Å²) >= 11 is 7.19. The molecule has 0 aliphatic carbocycles.